The molecule has 1 amide bonds. The van der Waals surface area contributed by atoms with Crippen molar-refractivity contribution in [2.75, 3.05) is 18.4 Å². The quantitative estimate of drug-likeness (QED) is 0.710. The molecule has 1 aliphatic heterocycles. The summed E-state index contributed by atoms with van der Waals surface area (Å²) >= 11 is 1.42. The van der Waals surface area contributed by atoms with Gasteiger partial charge in [-0.25, -0.2) is 4.68 Å². The first kappa shape index (κ1) is 19.7. The Labute approximate surface area is 157 Å². The molecule has 0 radical (unpaired) electrons. The first-order chi connectivity index (χ1) is 11.8. The second-order valence-corrected chi connectivity index (χ2v) is 7.04. The van der Waals surface area contributed by atoms with Gasteiger partial charge in [0.05, 0.1) is 12.2 Å². The molecule has 1 fully saturated rings. The summed E-state index contributed by atoms with van der Waals surface area (Å²) in [5, 5.41) is 23.8. The molecule has 0 aliphatic carbocycles. The fourth-order valence-corrected chi connectivity index (χ4v) is 3.50. The van der Waals surface area contributed by atoms with Crippen molar-refractivity contribution in [3.05, 3.63) is 16.9 Å². The number of aryl methyl sites for hydroxylation is 1. The number of hydrogen-bond donors (Lipinski definition) is 2. The molecule has 0 aromatic carbocycles. The molecule has 3 rings (SSSR count). The third-order valence-electron chi connectivity index (χ3n) is 4.11. The van der Waals surface area contributed by atoms with Crippen LogP contribution in [-0.2, 0) is 6.42 Å². The Morgan fingerprint density at radius 2 is 2.12 bits per heavy atom. The van der Waals surface area contributed by atoms with Crippen molar-refractivity contribution >= 4 is 34.8 Å². The number of anilines is 1. The minimum atomic E-state index is -0.286. The van der Waals surface area contributed by atoms with E-state index in [0.717, 1.165) is 43.8 Å². The van der Waals surface area contributed by atoms with Crippen LogP contribution in [0.2, 0.25) is 0 Å². The Morgan fingerprint density at radius 3 is 2.88 bits per heavy atom. The van der Waals surface area contributed by atoms with Crippen molar-refractivity contribution in [3.8, 4) is 0 Å². The molecule has 2 aromatic heterocycles. The first-order valence-electron chi connectivity index (χ1n) is 8.52. The molecule has 0 unspecified atom stereocenters. The van der Waals surface area contributed by atoms with Gasteiger partial charge in [-0.3, -0.25) is 10.1 Å². The average molecular weight is 386 g/mol. The van der Waals surface area contributed by atoms with Crippen molar-refractivity contribution < 1.29 is 4.79 Å². The summed E-state index contributed by atoms with van der Waals surface area (Å²) in [5.41, 5.74) is 0.316. The van der Waals surface area contributed by atoms with Gasteiger partial charge in [-0.2, -0.15) is 0 Å². The van der Waals surface area contributed by atoms with Gasteiger partial charge in [0, 0.05) is 6.42 Å². The lowest BCUT2D eigenvalue weighted by Gasteiger charge is -2.21. The van der Waals surface area contributed by atoms with Crippen LogP contribution in [0.3, 0.4) is 0 Å². The lowest BCUT2D eigenvalue weighted by Crippen LogP contribution is -2.29. The number of unbranched alkanes of at least 4 members (excludes halogenated alkanes) is 2. The van der Waals surface area contributed by atoms with E-state index in [2.05, 4.69) is 38.1 Å². The molecule has 2 N–H and O–H groups in total. The van der Waals surface area contributed by atoms with E-state index < -0.39 is 0 Å². The zero-order valence-electron chi connectivity index (χ0n) is 14.3. The van der Waals surface area contributed by atoms with E-state index in [-0.39, 0.29) is 18.3 Å². The van der Waals surface area contributed by atoms with Gasteiger partial charge in [-0.1, -0.05) is 36.3 Å². The molecule has 3 heterocycles. The van der Waals surface area contributed by atoms with Gasteiger partial charge >= 0.3 is 0 Å². The van der Waals surface area contributed by atoms with Crippen LogP contribution in [-0.4, -0.2) is 44.2 Å². The van der Waals surface area contributed by atoms with Crippen LogP contribution in [0.15, 0.2) is 6.20 Å². The predicted octanol–water partition coefficient (Wildman–Crippen LogP) is 2.46. The Bertz CT molecular complexity index is 668. The molecule has 0 atom stereocenters. The standard InChI is InChI=1S/C15H23N7OS.ClH/c1-2-3-4-5-13-19-20-15(24-13)17-14(23)12-10-22(21-18-12)11-6-8-16-9-7-11;/h10-11,16H,2-9H2,1H3,(H,17,20,23);1H. The van der Waals surface area contributed by atoms with Crippen LogP contribution >= 0.6 is 23.7 Å². The van der Waals surface area contributed by atoms with Crippen molar-refractivity contribution in [2.45, 2.75) is 51.5 Å². The van der Waals surface area contributed by atoms with Gasteiger partial charge in [0.2, 0.25) is 5.13 Å². The average Bonchev–Trinajstić information content (AvgIpc) is 3.26. The fraction of sp³-hybridized carbons (Fsp3) is 0.667. The largest absolute Gasteiger partial charge is 0.317 e. The lowest BCUT2D eigenvalue weighted by atomic mass is 10.1. The number of nitrogens with zero attached hydrogens (tertiary/aromatic N) is 5. The molecule has 8 nitrogen and oxygen atoms in total. The summed E-state index contributed by atoms with van der Waals surface area (Å²) < 4.78 is 1.80. The van der Waals surface area contributed by atoms with Gasteiger partial charge in [0.15, 0.2) is 5.69 Å². The molecular formula is C15H24ClN7OS. The van der Waals surface area contributed by atoms with Crippen molar-refractivity contribution in [3.63, 3.8) is 0 Å². The second kappa shape index (κ2) is 9.79. The van der Waals surface area contributed by atoms with Gasteiger partial charge in [0.1, 0.15) is 5.01 Å². The molecule has 0 spiro atoms. The topological polar surface area (TPSA) is 97.6 Å². The highest BCUT2D eigenvalue weighted by Crippen LogP contribution is 2.19. The fourth-order valence-electron chi connectivity index (χ4n) is 2.72. The third kappa shape index (κ3) is 5.45. The Morgan fingerprint density at radius 1 is 1.32 bits per heavy atom. The predicted molar refractivity (Wildman–Crippen MR) is 99.5 cm³/mol. The highest BCUT2D eigenvalue weighted by molar-refractivity contribution is 7.15. The van der Waals surface area contributed by atoms with Crippen LogP contribution in [0.25, 0.3) is 0 Å². The van der Waals surface area contributed by atoms with Crippen molar-refractivity contribution in [1.29, 1.82) is 0 Å². The van der Waals surface area contributed by atoms with Gasteiger partial charge in [0.25, 0.3) is 5.91 Å². The minimum absolute atomic E-state index is 0. The summed E-state index contributed by atoms with van der Waals surface area (Å²) in [5.74, 6) is -0.286. The molecule has 25 heavy (non-hydrogen) atoms. The van der Waals surface area contributed by atoms with Crippen LogP contribution in [0.1, 0.15) is 60.6 Å². The van der Waals surface area contributed by atoms with Crippen LogP contribution in [0, 0.1) is 0 Å². The van der Waals surface area contributed by atoms with Gasteiger partial charge < -0.3 is 5.32 Å². The van der Waals surface area contributed by atoms with Gasteiger partial charge in [-0.05, 0) is 32.4 Å². The zero-order chi connectivity index (χ0) is 16.8. The van der Waals surface area contributed by atoms with E-state index in [1.54, 1.807) is 10.9 Å². The monoisotopic (exact) mass is 385 g/mol. The van der Waals surface area contributed by atoms with Crippen molar-refractivity contribution in [2.24, 2.45) is 0 Å². The number of carbonyl (C=O) groups excluding carboxylic acids is 1. The molecule has 138 valence electrons. The minimum Gasteiger partial charge on any atom is -0.317 e. The normalized spacial score (nSPS) is 14.9. The molecule has 1 aliphatic rings. The summed E-state index contributed by atoms with van der Waals surface area (Å²) in [7, 11) is 0. The number of rotatable bonds is 7. The van der Waals surface area contributed by atoms with E-state index in [4.69, 9.17) is 0 Å². The highest BCUT2D eigenvalue weighted by Gasteiger charge is 2.19. The number of aromatic nitrogens is 5. The Balaban J connectivity index is 0.00000225. The zero-order valence-corrected chi connectivity index (χ0v) is 15.9. The van der Waals surface area contributed by atoms with Crippen LogP contribution < -0.4 is 10.6 Å². The maximum absolute atomic E-state index is 12.3. The van der Waals surface area contributed by atoms with Crippen molar-refractivity contribution in [1.82, 2.24) is 30.5 Å². The smallest absolute Gasteiger partial charge is 0.279 e. The highest BCUT2D eigenvalue weighted by atomic mass is 35.5. The van der Waals surface area contributed by atoms with Crippen LogP contribution in [0.4, 0.5) is 5.13 Å². The van der Waals surface area contributed by atoms with Crippen LogP contribution in [0.5, 0.6) is 0 Å². The maximum Gasteiger partial charge on any atom is 0.279 e. The third-order valence-corrected chi connectivity index (χ3v) is 5.01. The molecular weight excluding hydrogens is 362 g/mol. The molecule has 2 aromatic rings. The number of amides is 1. The van der Waals surface area contributed by atoms with E-state index in [9.17, 15) is 4.79 Å². The number of piperidine rings is 1. The first-order valence-corrected chi connectivity index (χ1v) is 9.34. The number of nitrogens with one attached hydrogen (secondary N) is 2. The summed E-state index contributed by atoms with van der Waals surface area (Å²) in [6.07, 6.45) is 8.09. The molecule has 1 saturated heterocycles. The lowest BCUT2D eigenvalue weighted by molar-refractivity contribution is 0.102. The SMILES string of the molecule is CCCCCc1nnc(NC(=O)c2cn(C3CCNCC3)nn2)s1.Cl. The Hall–Kier alpha value is -1.58. The van der Waals surface area contributed by atoms with Gasteiger partial charge in [-0.15, -0.1) is 27.7 Å². The summed E-state index contributed by atoms with van der Waals surface area (Å²) in [4.78, 5) is 12.3. The maximum atomic E-state index is 12.3. The number of halogens is 1. The van der Waals surface area contributed by atoms with E-state index in [1.165, 1.54) is 24.2 Å². The van der Waals surface area contributed by atoms with E-state index in [0.29, 0.717) is 16.9 Å². The number of carbonyl (C=O) groups is 1. The summed E-state index contributed by atoms with van der Waals surface area (Å²) in [6, 6.07) is 0.312. The molecule has 0 bridgehead atoms. The second-order valence-electron chi connectivity index (χ2n) is 5.98. The van der Waals surface area contributed by atoms with E-state index >= 15 is 0 Å². The molecule has 0 saturated carbocycles. The summed E-state index contributed by atoms with van der Waals surface area (Å²) in [6.45, 7) is 4.11. The molecule has 10 heteroatoms. The Kier molecular flexibility index (Phi) is 7.73. The number of hydrogen-bond acceptors (Lipinski definition) is 7. The van der Waals surface area contributed by atoms with E-state index in [1.807, 2.05) is 0 Å².